The first-order valence-corrected chi connectivity index (χ1v) is 11.5. The number of fused-ring (bicyclic) bond motifs is 1. The second kappa shape index (κ2) is 9.74. The zero-order chi connectivity index (χ0) is 21.8. The van der Waals surface area contributed by atoms with Crippen molar-refractivity contribution in [2.24, 2.45) is 0 Å². The molecule has 1 fully saturated rings. The maximum Gasteiger partial charge on any atom is 0.457 e. The molecular formula is C24H37BO5. The molecule has 2 atom stereocenters. The number of rotatable bonds is 10. The van der Waals surface area contributed by atoms with Gasteiger partial charge in [0.1, 0.15) is 11.9 Å². The number of ether oxygens (including phenoxy) is 2. The lowest BCUT2D eigenvalue weighted by Crippen LogP contribution is -2.41. The van der Waals surface area contributed by atoms with Crippen LogP contribution in [0.4, 0.5) is 0 Å². The smallest absolute Gasteiger partial charge is 0.457 e. The van der Waals surface area contributed by atoms with Crippen LogP contribution in [0.3, 0.4) is 0 Å². The minimum atomic E-state index is -0.292. The zero-order valence-electron chi connectivity index (χ0n) is 19.2. The first-order chi connectivity index (χ1) is 14.2. The van der Waals surface area contributed by atoms with E-state index in [1.165, 1.54) is 5.56 Å². The Balaban J connectivity index is 1.52. The Morgan fingerprint density at radius 2 is 1.73 bits per heavy atom. The average Bonchev–Trinajstić information content (AvgIpc) is 3.12. The molecule has 0 spiro atoms. The monoisotopic (exact) mass is 416 g/mol. The van der Waals surface area contributed by atoms with Crippen molar-refractivity contribution in [3.63, 3.8) is 0 Å². The molecule has 166 valence electrons. The zero-order valence-corrected chi connectivity index (χ0v) is 19.2. The summed E-state index contributed by atoms with van der Waals surface area (Å²) < 4.78 is 23.7. The maximum atomic E-state index is 11.5. The molecule has 0 aliphatic carbocycles. The van der Waals surface area contributed by atoms with Gasteiger partial charge in [-0.2, -0.15) is 0 Å². The van der Waals surface area contributed by atoms with Crippen LogP contribution >= 0.6 is 0 Å². The molecule has 2 heterocycles. The van der Waals surface area contributed by atoms with E-state index in [1.807, 2.05) is 13.0 Å². The first-order valence-electron chi connectivity index (χ1n) is 11.5. The maximum absolute atomic E-state index is 11.5. The van der Waals surface area contributed by atoms with Gasteiger partial charge in [0.2, 0.25) is 0 Å². The van der Waals surface area contributed by atoms with E-state index in [9.17, 15) is 4.79 Å². The molecule has 0 amide bonds. The number of benzene rings is 1. The van der Waals surface area contributed by atoms with Crippen molar-refractivity contribution in [2.75, 3.05) is 6.61 Å². The molecule has 0 saturated carbocycles. The van der Waals surface area contributed by atoms with Crippen LogP contribution in [0.25, 0.3) is 0 Å². The van der Waals surface area contributed by atoms with E-state index < -0.39 is 0 Å². The minimum Gasteiger partial charge on any atom is -0.489 e. The van der Waals surface area contributed by atoms with Crippen molar-refractivity contribution in [1.82, 2.24) is 0 Å². The lowest BCUT2D eigenvalue weighted by molar-refractivity contribution is -0.143. The predicted octanol–water partition coefficient (Wildman–Crippen LogP) is 5.53. The van der Waals surface area contributed by atoms with Gasteiger partial charge >= 0.3 is 13.1 Å². The van der Waals surface area contributed by atoms with Gasteiger partial charge in [0, 0.05) is 17.9 Å². The van der Waals surface area contributed by atoms with E-state index in [-0.39, 0.29) is 30.4 Å². The van der Waals surface area contributed by atoms with Gasteiger partial charge in [0.25, 0.3) is 0 Å². The third-order valence-corrected chi connectivity index (χ3v) is 6.74. The molecule has 6 heteroatoms. The molecule has 2 aliphatic heterocycles. The van der Waals surface area contributed by atoms with Crippen LogP contribution in [-0.2, 0) is 18.8 Å². The normalized spacial score (nSPS) is 23.8. The second-order valence-electron chi connectivity index (χ2n) is 9.47. The number of carbonyl (C=O) groups excluding carboxylic acids is 1. The topological polar surface area (TPSA) is 54.0 Å². The van der Waals surface area contributed by atoms with E-state index in [2.05, 4.69) is 45.9 Å². The van der Waals surface area contributed by atoms with Gasteiger partial charge in [-0.3, -0.25) is 4.79 Å². The van der Waals surface area contributed by atoms with Crippen molar-refractivity contribution < 1.29 is 23.6 Å². The minimum absolute atomic E-state index is 0.0951. The fourth-order valence-electron chi connectivity index (χ4n) is 4.36. The molecule has 1 aromatic carbocycles. The quantitative estimate of drug-likeness (QED) is 0.285. The van der Waals surface area contributed by atoms with Crippen LogP contribution in [0.15, 0.2) is 24.3 Å². The summed E-state index contributed by atoms with van der Waals surface area (Å²) in [6.45, 7) is 10.7. The molecule has 3 rings (SSSR count). The number of hydrogen-bond acceptors (Lipinski definition) is 5. The Kier molecular flexibility index (Phi) is 7.51. The van der Waals surface area contributed by atoms with Gasteiger partial charge < -0.3 is 18.8 Å². The van der Waals surface area contributed by atoms with Gasteiger partial charge in [0.05, 0.1) is 17.8 Å². The summed E-state index contributed by atoms with van der Waals surface area (Å²) in [5, 5.41) is 0. The lowest BCUT2D eigenvalue weighted by Gasteiger charge is -2.32. The Morgan fingerprint density at radius 3 is 2.43 bits per heavy atom. The Morgan fingerprint density at radius 1 is 1.03 bits per heavy atom. The molecule has 2 aliphatic rings. The van der Waals surface area contributed by atoms with E-state index in [0.717, 1.165) is 44.2 Å². The van der Waals surface area contributed by atoms with Crippen LogP contribution in [0, 0.1) is 0 Å². The van der Waals surface area contributed by atoms with E-state index in [0.29, 0.717) is 18.9 Å². The highest BCUT2D eigenvalue weighted by molar-refractivity contribution is 6.45. The van der Waals surface area contributed by atoms with Crippen molar-refractivity contribution in [3.8, 4) is 5.75 Å². The van der Waals surface area contributed by atoms with E-state index >= 15 is 0 Å². The fraction of sp³-hybridized carbons (Fsp3) is 0.708. The highest BCUT2D eigenvalue weighted by Crippen LogP contribution is 2.44. The van der Waals surface area contributed by atoms with Gasteiger partial charge in [-0.05, 0) is 72.7 Å². The number of para-hydroxylation sites is 1. The van der Waals surface area contributed by atoms with Crippen molar-refractivity contribution in [3.05, 3.63) is 29.8 Å². The average molecular weight is 416 g/mol. The van der Waals surface area contributed by atoms with Crippen LogP contribution in [0.2, 0.25) is 6.32 Å². The molecule has 0 radical (unpaired) electrons. The molecule has 0 bridgehead atoms. The first kappa shape index (κ1) is 23.1. The molecule has 0 aromatic heterocycles. The van der Waals surface area contributed by atoms with E-state index in [1.54, 1.807) is 0 Å². The number of esters is 1. The summed E-state index contributed by atoms with van der Waals surface area (Å²) in [4.78, 5) is 11.5. The predicted molar refractivity (Wildman–Crippen MR) is 119 cm³/mol. The summed E-state index contributed by atoms with van der Waals surface area (Å²) in [7, 11) is -0.173. The third-order valence-electron chi connectivity index (χ3n) is 6.74. The summed E-state index contributed by atoms with van der Waals surface area (Å²) in [5.41, 5.74) is 0.714. The molecule has 5 nitrogen and oxygen atoms in total. The number of carbonyl (C=O) groups is 1. The molecule has 0 unspecified atom stereocenters. The van der Waals surface area contributed by atoms with E-state index in [4.69, 9.17) is 18.8 Å². The Hall–Kier alpha value is -1.53. The molecule has 30 heavy (non-hydrogen) atoms. The van der Waals surface area contributed by atoms with Crippen LogP contribution in [0.5, 0.6) is 5.75 Å². The highest BCUT2D eigenvalue weighted by atomic mass is 16.7. The lowest BCUT2D eigenvalue weighted by atomic mass is 9.76. The summed E-state index contributed by atoms with van der Waals surface area (Å²) >= 11 is 0. The summed E-state index contributed by atoms with van der Waals surface area (Å²) in [6.07, 6.45) is 6.43. The molecular weight excluding hydrogens is 379 g/mol. The SMILES string of the molecule is CCOC(=O)CCCCC[C@@H]1Oc2ccccc2[C@H]1CCB1OC(C)(C)C(C)(C)O1. The van der Waals surface area contributed by atoms with Gasteiger partial charge in [-0.1, -0.05) is 24.6 Å². The summed E-state index contributed by atoms with van der Waals surface area (Å²) in [6, 6.07) is 8.38. The largest absolute Gasteiger partial charge is 0.489 e. The van der Waals surface area contributed by atoms with Gasteiger partial charge in [-0.25, -0.2) is 0 Å². The van der Waals surface area contributed by atoms with Crippen LogP contribution in [0.1, 0.15) is 84.6 Å². The third kappa shape index (κ3) is 5.39. The number of unbranched alkanes of at least 4 members (excludes halogenated alkanes) is 2. The van der Waals surface area contributed by atoms with Crippen molar-refractivity contribution in [2.45, 2.75) is 103 Å². The number of hydrogen-bond donors (Lipinski definition) is 0. The highest BCUT2D eigenvalue weighted by Gasteiger charge is 2.51. The fourth-order valence-corrected chi connectivity index (χ4v) is 4.36. The Labute approximate surface area is 181 Å². The van der Waals surface area contributed by atoms with Gasteiger partial charge in [0.15, 0.2) is 0 Å². The molecule has 1 saturated heterocycles. The van der Waals surface area contributed by atoms with Crippen molar-refractivity contribution in [1.29, 1.82) is 0 Å². The second-order valence-corrected chi connectivity index (χ2v) is 9.47. The van der Waals surface area contributed by atoms with Crippen LogP contribution < -0.4 is 4.74 Å². The van der Waals surface area contributed by atoms with Crippen molar-refractivity contribution >= 4 is 13.1 Å². The summed E-state index contributed by atoms with van der Waals surface area (Å²) in [5.74, 6) is 1.26. The molecule has 0 N–H and O–H groups in total. The van der Waals surface area contributed by atoms with Gasteiger partial charge in [-0.15, -0.1) is 0 Å². The Bertz CT molecular complexity index is 701. The molecule has 1 aromatic rings. The van der Waals surface area contributed by atoms with Crippen LogP contribution in [-0.4, -0.2) is 37.0 Å². The standard InChI is InChI=1S/C24H37BO5/c1-6-27-22(26)15-9-7-8-13-21-19(18-12-10-11-14-20(18)28-21)16-17-25-29-23(2,3)24(4,5)30-25/h10-12,14,19,21H,6-9,13,15-17H2,1-5H3/t19-,21+/m1/s1.